The van der Waals surface area contributed by atoms with Crippen LogP contribution in [-0.4, -0.2) is 95.0 Å². The van der Waals surface area contributed by atoms with Gasteiger partial charge in [0.15, 0.2) is 0 Å². The number of halogens is 3. The molecule has 1 atom stereocenters. The molecule has 288 valence electrons. The molecule has 3 heterocycles. The first kappa shape index (κ1) is 40.7. The van der Waals surface area contributed by atoms with E-state index in [0.29, 0.717) is 11.4 Å². The summed E-state index contributed by atoms with van der Waals surface area (Å²) >= 11 is 7.82. The van der Waals surface area contributed by atoms with Crippen LogP contribution in [0.4, 0.5) is 13.6 Å². The number of pyridine rings is 1. The van der Waals surface area contributed by atoms with Crippen LogP contribution in [0.3, 0.4) is 0 Å². The zero-order valence-corrected chi connectivity index (χ0v) is 32.5. The molecule has 1 saturated carbocycles. The summed E-state index contributed by atoms with van der Waals surface area (Å²) in [5, 5.41) is 2.82. The maximum atomic E-state index is 13.6. The maximum Gasteiger partial charge on any atom is 0.408 e. The lowest BCUT2D eigenvalue weighted by molar-refractivity contribution is -0.132. The Morgan fingerprint density at radius 2 is 1.66 bits per heavy atom. The standard InChI is InChI=1S/C29H34ClN3OS.C11H18F2N2O3/c30-26-10-15-29(31-20-26)25-8-6-23(7-9-25)21-32-16-18-33(19-17-32)35-28-13-11-27(12-14-28)34-22-24-4-2-1-3-5-24;1-10(2,3)18-9(17)14-8-4-5-15(7-16)6-11(8,12)13/h6-15,20,24H,1-5,16-19,21-22H2;7-8H,4-6H2,1-3H3,(H,14,17). The summed E-state index contributed by atoms with van der Waals surface area (Å²) in [6.07, 6.45) is 8.00. The van der Waals surface area contributed by atoms with E-state index < -0.39 is 30.2 Å². The average Bonchev–Trinajstić information content (AvgIpc) is 3.13. The number of carbonyl (C=O) groups is 2. The number of carbonyl (C=O) groups excluding carboxylic acids is 2. The van der Waals surface area contributed by atoms with Crippen molar-refractivity contribution in [2.45, 2.75) is 88.3 Å². The lowest BCUT2D eigenvalue weighted by atomic mass is 9.90. The van der Waals surface area contributed by atoms with E-state index in [4.69, 9.17) is 21.1 Å². The number of benzene rings is 2. The van der Waals surface area contributed by atoms with Crippen molar-refractivity contribution in [3.8, 4) is 17.0 Å². The fraction of sp³-hybridized carbons (Fsp3) is 0.525. The molecule has 0 radical (unpaired) electrons. The molecule has 3 aromatic rings. The van der Waals surface area contributed by atoms with Gasteiger partial charge in [0.2, 0.25) is 6.41 Å². The van der Waals surface area contributed by atoms with E-state index in [1.54, 1.807) is 27.0 Å². The fourth-order valence-corrected chi connectivity index (χ4v) is 7.58. The maximum absolute atomic E-state index is 13.6. The van der Waals surface area contributed by atoms with Gasteiger partial charge in [-0.05, 0) is 99.9 Å². The molecule has 1 aliphatic carbocycles. The van der Waals surface area contributed by atoms with Crippen molar-refractivity contribution in [2.75, 3.05) is 45.9 Å². The van der Waals surface area contributed by atoms with Gasteiger partial charge in [-0.15, -0.1) is 0 Å². The van der Waals surface area contributed by atoms with E-state index in [1.165, 1.54) is 42.6 Å². The van der Waals surface area contributed by atoms with Crippen LogP contribution in [0.2, 0.25) is 5.02 Å². The summed E-state index contributed by atoms with van der Waals surface area (Å²) < 4.78 is 40.7. The molecule has 1 aromatic heterocycles. The average molecular weight is 772 g/mol. The smallest absolute Gasteiger partial charge is 0.408 e. The number of piperidine rings is 1. The van der Waals surface area contributed by atoms with Crippen molar-refractivity contribution >= 4 is 36.1 Å². The molecule has 53 heavy (non-hydrogen) atoms. The van der Waals surface area contributed by atoms with Gasteiger partial charge >= 0.3 is 6.09 Å². The number of rotatable bonds is 10. The van der Waals surface area contributed by atoms with Gasteiger partial charge in [-0.25, -0.2) is 17.9 Å². The Labute approximate surface area is 321 Å². The lowest BCUT2D eigenvalue weighted by Crippen LogP contribution is -2.58. The second-order valence-electron chi connectivity index (χ2n) is 15.0. The molecule has 3 aliphatic rings. The van der Waals surface area contributed by atoms with Gasteiger partial charge in [0.1, 0.15) is 11.4 Å². The van der Waals surface area contributed by atoms with Crippen molar-refractivity contribution in [2.24, 2.45) is 5.92 Å². The van der Waals surface area contributed by atoms with E-state index in [2.05, 4.69) is 68.0 Å². The van der Waals surface area contributed by atoms with Crippen LogP contribution in [0.15, 0.2) is 71.8 Å². The third kappa shape index (κ3) is 13.4. The van der Waals surface area contributed by atoms with Gasteiger partial charge in [-0.2, -0.15) is 0 Å². The normalized spacial score (nSPS) is 19.8. The zero-order valence-electron chi connectivity index (χ0n) is 30.9. The molecule has 6 rings (SSSR count). The number of aromatic nitrogens is 1. The van der Waals surface area contributed by atoms with Crippen LogP contribution in [-0.2, 0) is 16.1 Å². The minimum atomic E-state index is -3.14. The number of piperazine rings is 1. The zero-order chi connectivity index (χ0) is 37.8. The Balaban J connectivity index is 0.000000255. The topological polar surface area (TPSA) is 87.2 Å². The molecule has 2 amide bonds. The second kappa shape index (κ2) is 19.2. The van der Waals surface area contributed by atoms with E-state index in [0.717, 1.165) is 67.2 Å². The highest BCUT2D eigenvalue weighted by Crippen LogP contribution is 2.29. The summed E-state index contributed by atoms with van der Waals surface area (Å²) in [5.74, 6) is -1.40. The van der Waals surface area contributed by atoms with Crippen molar-refractivity contribution in [1.82, 2.24) is 24.4 Å². The number of alkyl halides is 2. The van der Waals surface area contributed by atoms with Gasteiger partial charge in [-0.3, -0.25) is 14.7 Å². The second-order valence-corrected chi connectivity index (χ2v) is 16.6. The van der Waals surface area contributed by atoms with Crippen LogP contribution >= 0.6 is 23.5 Å². The molecule has 2 saturated heterocycles. The number of hydrogen-bond donors (Lipinski definition) is 1. The van der Waals surface area contributed by atoms with E-state index in [-0.39, 0.29) is 13.0 Å². The first-order chi connectivity index (χ1) is 25.3. The summed E-state index contributed by atoms with van der Waals surface area (Å²) in [7, 11) is 0. The van der Waals surface area contributed by atoms with Crippen molar-refractivity contribution < 1.29 is 27.8 Å². The third-order valence-corrected chi connectivity index (χ3v) is 10.8. The molecular weight excluding hydrogens is 720 g/mol. The highest BCUT2D eigenvalue weighted by atomic mass is 35.5. The Bertz CT molecular complexity index is 1580. The van der Waals surface area contributed by atoms with E-state index >= 15 is 0 Å². The van der Waals surface area contributed by atoms with Crippen molar-refractivity contribution in [3.05, 3.63) is 77.4 Å². The van der Waals surface area contributed by atoms with Crippen LogP contribution in [0.25, 0.3) is 11.3 Å². The van der Waals surface area contributed by atoms with Crippen LogP contribution in [0, 0.1) is 5.92 Å². The van der Waals surface area contributed by atoms with Crippen molar-refractivity contribution in [1.29, 1.82) is 0 Å². The molecule has 2 aromatic carbocycles. The third-order valence-electron chi connectivity index (χ3n) is 9.45. The first-order valence-corrected chi connectivity index (χ1v) is 19.7. The van der Waals surface area contributed by atoms with Gasteiger partial charge in [0.05, 0.1) is 29.9 Å². The Morgan fingerprint density at radius 3 is 2.26 bits per heavy atom. The fourth-order valence-electron chi connectivity index (χ4n) is 6.56. The number of nitrogens with one attached hydrogen (secondary N) is 1. The molecule has 1 N–H and O–H groups in total. The predicted octanol–water partition coefficient (Wildman–Crippen LogP) is 8.56. The molecule has 2 aliphatic heterocycles. The lowest BCUT2D eigenvalue weighted by Gasteiger charge is -2.37. The van der Waals surface area contributed by atoms with Crippen LogP contribution in [0.5, 0.6) is 5.75 Å². The van der Waals surface area contributed by atoms with Gasteiger partial charge in [0.25, 0.3) is 5.92 Å². The SMILES string of the molecule is CC(C)(C)OC(=O)NC1CCN(C=O)CC1(F)F.Clc1ccc(-c2ccc(CN3CCN(Sc4ccc(OCC5CCCCC5)cc4)CC3)cc2)nc1. The van der Waals surface area contributed by atoms with Gasteiger partial charge in [0, 0.05) is 55.9 Å². The minimum Gasteiger partial charge on any atom is -0.493 e. The summed E-state index contributed by atoms with van der Waals surface area (Å²) in [6.45, 7) is 10.6. The Hall–Kier alpha value is -3.45. The minimum absolute atomic E-state index is 0.00494. The van der Waals surface area contributed by atoms with Crippen molar-refractivity contribution in [3.63, 3.8) is 0 Å². The molecule has 3 fully saturated rings. The molecule has 1 unspecified atom stereocenters. The van der Waals surface area contributed by atoms with E-state index in [1.807, 2.05) is 24.1 Å². The molecule has 13 heteroatoms. The number of hydrogen-bond acceptors (Lipinski definition) is 8. The largest absolute Gasteiger partial charge is 0.493 e. The van der Waals surface area contributed by atoms with Gasteiger partial charge in [-0.1, -0.05) is 55.1 Å². The number of alkyl carbamates (subject to hydrolysis) is 1. The molecule has 0 spiro atoms. The summed E-state index contributed by atoms with van der Waals surface area (Å²) in [6, 6.07) is 19.9. The Kier molecular flexibility index (Phi) is 14.8. The number of nitrogens with zero attached hydrogens (tertiary/aromatic N) is 4. The van der Waals surface area contributed by atoms with Gasteiger partial charge < -0.3 is 19.7 Å². The highest BCUT2D eigenvalue weighted by molar-refractivity contribution is 7.97. The predicted molar refractivity (Wildman–Crippen MR) is 206 cm³/mol. The highest BCUT2D eigenvalue weighted by Gasteiger charge is 2.45. The van der Waals surface area contributed by atoms with Crippen LogP contribution in [0.1, 0.15) is 64.9 Å². The Morgan fingerprint density at radius 1 is 0.962 bits per heavy atom. The first-order valence-electron chi connectivity index (χ1n) is 18.5. The molecule has 9 nitrogen and oxygen atoms in total. The van der Waals surface area contributed by atoms with E-state index in [9.17, 15) is 18.4 Å². The summed E-state index contributed by atoms with van der Waals surface area (Å²) in [5.41, 5.74) is 2.68. The molecule has 0 bridgehead atoms. The number of ether oxygens (including phenoxy) is 2. The monoisotopic (exact) mass is 771 g/mol. The number of amides is 2. The van der Waals surface area contributed by atoms with Crippen LogP contribution < -0.4 is 10.1 Å². The summed E-state index contributed by atoms with van der Waals surface area (Å²) in [4.78, 5) is 31.1. The quantitative estimate of drug-likeness (QED) is 0.162. The molecular formula is C40H52ClF2N5O4S. The number of likely N-dealkylation sites (tertiary alicyclic amines) is 1.